The van der Waals surface area contributed by atoms with E-state index in [1.54, 1.807) is 15.8 Å². The third-order valence-electron chi connectivity index (χ3n) is 6.45. The molecule has 0 spiro atoms. The summed E-state index contributed by atoms with van der Waals surface area (Å²) in [6.07, 6.45) is 6.20. The summed E-state index contributed by atoms with van der Waals surface area (Å²) in [6.45, 7) is 3.00. The van der Waals surface area contributed by atoms with E-state index in [1.165, 1.54) is 10.9 Å². The maximum Gasteiger partial charge on any atom is 0.273 e. The molecular formula is C24H26N6O3S. The lowest BCUT2D eigenvalue weighted by molar-refractivity contribution is -0.136. The molecule has 0 aliphatic carbocycles. The monoisotopic (exact) mass is 478 g/mol. The van der Waals surface area contributed by atoms with Crippen LogP contribution in [-0.2, 0) is 11.3 Å². The molecular weight excluding hydrogens is 452 g/mol. The molecule has 0 bridgehead atoms. The zero-order chi connectivity index (χ0) is 23.7. The van der Waals surface area contributed by atoms with Gasteiger partial charge in [-0.2, -0.15) is 9.47 Å². The van der Waals surface area contributed by atoms with E-state index in [0.29, 0.717) is 48.3 Å². The largest absolute Gasteiger partial charge is 0.388 e. The lowest BCUT2D eigenvalue weighted by Gasteiger charge is -2.38. The van der Waals surface area contributed by atoms with Crippen molar-refractivity contribution in [3.8, 4) is 11.3 Å². The Morgan fingerprint density at radius 1 is 1.21 bits per heavy atom. The summed E-state index contributed by atoms with van der Waals surface area (Å²) >= 11 is 1.13. The van der Waals surface area contributed by atoms with Crippen LogP contribution in [0.5, 0.6) is 0 Å². The van der Waals surface area contributed by atoms with E-state index in [1.807, 2.05) is 49.5 Å². The number of aromatic nitrogens is 5. The molecule has 1 atom stereocenters. The van der Waals surface area contributed by atoms with Crippen LogP contribution >= 0.6 is 11.5 Å². The minimum absolute atomic E-state index is 0.0279. The highest BCUT2D eigenvalue weighted by atomic mass is 32.1. The first kappa shape index (κ1) is 22.4. The highest BCUT2D eigenvalue weighted by Gasteiger charge is 2.35. The van der Waals surface area contributed by atoms with E-state index in [-0.39, 0.29) is 24.1 Å². The molecule has 1 unspecified atom stereocenters. The molecule has 1 N–H and O–H groups in total. The van der Waals surface area contributed by atoms with Gasteiger partial charge in [0, 0.05) is 37.5 Å². The number of likely N-dealkylation sites (tertiary alicyclic amines) is 1. The van der Waals surface area contributed by atoms with Crippen molar-refractivity contribution in [1.29, 1.82) is 0 Å². The number of piperidine rings is 1. The fraction of sp³-hybridized carbons (Fsp3) is 0.375. The van der Waals surface area contributed by atoms with E-state index in [0.717, 1.165) is 17.1 Å². The summed E-state index contributed by atoms with van der Waals surface area (Å²) in [5, 5.41) is 15.4. The maximum absolute atomic E-state index is 13.1. The van der Waals surface area contributed by atoms with Crippen LogP contribution in [0.25, 0.3) is 21.5 Å². The van der Waals surface area contributed by atoms with Crippen molar-refractivity contribution in [3.63, 3.8) is 0 Å². The number of aliphatic hydroxyl groups is 1. The number of amides is 1. The molecule has 4 heterocycles. The number of nitrogens with zero attached hydrogens (tertiary/aromatic N) is 6. The molecule has 3 aromatic heterocycles. The molecule has 1 saturated heterocycles. The molecule has 1 aromatic carbocycles. The summed E-state index contributed by atoms with van der Waals surface area (Å²) in [4.78, 5) is 32.1. The molecule has 4 aromatic rings. The van der Waals surface area contributed by atoms with Gasteiger partial charge in [-0.05, 0) is 37.4 Å². The number of rotatable bonds is 6. The average Bonchev–Trinajstić information content (AvgIpc) is 3.53. The Bertz CT molecular complexity index is 1340. The maximum atomic E-state index is 13.1. The van der Waals surface area contributed by atoms with Crippen molar-refractivity contribution < 1.29 is 9.90 Å². The Kier molecular flexibility index (Phi) is 6.01. The highest BCUT2D eigenvalue weighted by molar-refractivity contribution is 7.13. The van der Waals surface area contributed by atoms with Crippen LogP contribution in [0.1, 0.15) is 32.2 Å². The van der Waals surface area contributed by atoms with Crippen molar-refractivity contribution in [2.75, 3.05) is 13.1 Å². The second-order valence-corrected chi connectivity index (χ2v) is 9.67. The van der Waals surface area contributed by atoms with Crippen LogP contribution in [0.15, 0.2) is 59.9 Å². The minimum Gasteiger partial charge on any atom is -0.388 e. The van der Waals surface area contributed by atoms with Gasteiger partial charge in [-0.25, -0.2) is 4.98 Å². The van der Waals surface area contributed by atoms with Gasteiger partial charge < -0.3 is 10.0 Å². The van der Waals surface area contributed by atoms with Crippen molar-refractivity contribution in [3.05, 3.63) is 65.5 Å². The quantitative estimate of drug-likeness (QED) is 0.457. The molecule has 1 amide bonds. The first-order valence-corrected chi connectivity index (χ1v) is 12.1. The van der Waals surface area contributed by atoms with E-state index in [9.17, 15) is 14.7 Å². The zero-order valence-electron chi connectivity index (χ0n) is 18.9. The number of hydrogen-bond donors (Lipinski definition) is 1. The number of benzene rings is 1. The average molecular weight is 479 g/mol. The van der Waals surface area contributed by atoms with Gasteiger partial charge in [-0.15, -0.1) is 0 Å². The fourth-order valence-corrected chi connectivity index (χ4v) is 5.22. The van der Waals surface area contributed by atoms with E-state index < -0.39 is 5.60 Å². The van der Waals surface area contributed by atoms with Crippen molar-refractivity contribution in [2.24, 2.45) is 0 Å². The van der Waals surface area contributed by atoms with Gasteiger partial charge in [0.25, 0.3) is 5.56 Å². The molecule has 9 nitrogen and oxygen atoms in total. The first-order valence-electron chi connectivity index (χ1n) is 11.3. The molecule has 0 radical (unpaired) electrons. The second kappa shape index (κ2) is 9.11. The molecule has 1 fully saturated rings. The number of hydrogen-bond acceptors (Lipinski definition) is 7. The van der Waals surface area contributed by atoms with E-state index in [4.69, 9.17) is 0 Å². The number of fused-ring (bicyclic) bond motifs is 1. The van der Waals surface area contributed by atoms with Crippen molar-refractivity contribution in [1.82, 2.24) is 28.6 Å². The Morgan fingerprint density at radius 3 is 2.68 bits per heavy atom. The summed E-state index contributed by atoms with van der Waals surface area (Å²) in [5.74, 6) is 0.0448. The Balaban J connectivity index is 1.26. The molecule has 0 saturated carbocycles. The smallest absolute Gasteiger partial charge is 0.273 e. The standard InChI is InChI=1S/C24H26N6O3S/c1-17(30-11-5-10-26-30)14-19(31)28-12-8-24(33,9-13-28)15-29-16-25-21-20(18-6-3-2-4-7-18)27-34-22(21)23(29)32/h2-7,10-11,16-17,33H,8-9,12-15H2,1H3. The van der Waals surface area contributed by atoms with Gasteiger partial charge in [0.15, 0.2) is 0 Å². The van der Waals surface area contributed by atoms with Crippen LogP contribution in [0, 0.1) is 0 Å². The van der Waals surface area contributed by atoms with Gasteiger partial charge in [0.1, 0.15) is 15.9 Å². The summed E-state index contributed by atoms with van der Waals surface area (Å²) < 4.78 is 8.17. The molecule has 1 aliphatic rings. The molecule has 1 aliphatic heterocycles. The first-order chi connectivity index (χ1) is 16.4. The molecule has 176 valence electrons. The molecule has 34 heavy (non-hydrogen) atoms. The number of carbonyl (C=O) groups excluding carboxylic acids is 1. The molecule has 5 rings (SSSR count). The van der Waals surface area contributed by atoms with Gasteiger partial charge >= 0.3 is 0 Å². The zero-order valence-corrected chi connectivity index (χ0v) is 19.7. The van der Waals surface area contributed by atoms with Crippen molar-refractivity contribution >= 4 is 27.7 Å². The van der Waals surface area contributed by atoms with Crippen LogP contribution < -0.4 is 5.56 Å². The van der Waals surface area contributed by atoms with Crippen LogP contribution in [-0.4, -0.2) is 58.3 Å². The second-order valence-electron chi connectivity index (χ2n) is 8.90. The van der Waals surface area contributed by atoms with Crippen LogP contribution in [0.2, 0.25) is 0 Å². The molecule has 10 heteroatoms. The predicted molar refractivity (Wildman–Crippen MR) is 129 cm³/mol. The third-order valence-corrected chi connectivity index (χ3v) is 7.28. The third kappa shape index (κ3) is 4.38. The Hall–Kier alpha value is -3.37. The van der Waals surface area contributed by atoms with Crippen LogP contribution in [0.3, 0.4) is 0 Å². The summed E-state index contributed by atoms with van der Waals surface area (Å²) in [6, 6.07) is 11.5. The lowest BCUT2D eigenvalue weighted by Crippen LogP contribution is -2.49. The summed E-state index contributed by atoms with van der Waals surface area (Å²) in [7, 11) is 0. The normalized spacial score (nSPS) is 16.6. The topological polar surface area (TPSA) is 106 Å². The van der Waals surface area contributed by atoms with Crippen LogP contribution in [0.4, 0.5) is 0 Å². The van der Waals surface area contributed by atoms with Gasteiger partial charge in [-0.1, -0.05) is 30.3 Å². The Morgan fingerprint density at radius 2 is 1.97 bits per heavy atom. The predicted octanol–water partition coefficient (Wildman–Crippen LogP) is 2.72. The minimum atomic E-state index is -1.07. The van der Waals surface area contributed by atoms with Crippen molar-refractivity contribution in [2.45, 2.75) is 44.4 Å². The van der Waals surface area contributed by atoms with Gasteiger partial charge in [0.2, 0.25) is 5.91 Å². The SMILES string of the molecule is CC(CC(=O)N1CCC(O)(Cn2cnc3c(-c4ccccc4)nsc3c2=O)CC1)n1cccn1. The Labute approximate surface area is 200 Å². The fourth-order valence-electron chi connectivity index (χ4n) is 4.42. The van der Waals surface area contributed by atoms with E-state index in [2.05, 4.69) is 14.5 Å². The van der Waals surface area contributed by atoms with E-state index >= 15 is 0 Å². The number of carbonyl (C=O) groups is 1. The highest BCUT2D eigenvalue weighted by Crippen LogP contribution is 2.28. The summed E-state index contributed by atoms with van der Waals surface area (Å²) in [5.41, 5.74) is 0.910. The van der Waals surface area contributed by atoms with Gasteiger partial charge in [-0.3, -0.25) is 18.8 Å². The lowest BCUT2D eigenvalue weighted by atomic mass is 9.91. The van der Waals surface area contributed by atoms with Gasteiger partial charge in [0.05, 0.1) is 24.5 Å².